The van der Waals surface area contributed by atoms with Crippen LogP contribution in [0.4, 0.5) is 32.0 Å². The Morgan fingerprint density at radius 2 is 1.64 bits per heavy atom. The number of alkyl halides is 6. The molecule has 0 unspecified atom stereocenters. The van der Waals surface area contributed by atoms with Crippen LogP contribution in [-0.4, -0.2) is 25.6 Å². The first-order chi connectivity index (χ1) is 10.0. The summed E-state index contributed by atoms with van der Waals surface area (Å²) in [6.07, 6.45) is -9.46. The molecule has 0 spiro atoms. The highest BCUT2D eigenvalue weighted by atomic mass is 19.4. The van der Waals surface area contributed by atoms with E-state index >= 15 is 0 Å². The quantitative estimate of drug-likeness (QED) is 0.521. The summed E-state index contributed by atoms with van der Waals surface area (Å²) >= 11 is 0. The van der Waals surface area contributed by atoms with Gasteiger partial charge in [0.25, 0.3) is 0 Å². The lowest BCUT2D eigenvalue weighted by molar-refractivity contribution is -0.274. The van der Waals surface area contributed by atoms with Gasteiger partial charge in [0.1, 0.15) is 5.75 Å². The Hall–Kier alpha value is -2.39. The van der Waals surface area contributed by atoms with E-state index in [1.165, 1.54) is 0 Å². The first-order valence-electron chi connectivity index (χ1n) is 5.51. The molecule has 0 aliphatic carbocycles. The number of nitrogens with one attached hydrogen (secondary N) is 1. The highest BCUT2D eigenvalue weighted by Crippen LogP contribution is 2.27. The van der Waals surface area contributed by atoms with E-state index in [0.29, 0.717) is 6.20 Å². The van der Waals surface area contributed by atoms with Crippen molar-refractivity contribution in [2.24, 2.45) is 0 Å². The Morgan fingerprint density at radius 3 is 2.05 bits per heavy atom. The lowest BCUT2D eigenvalue weighted by Crippen LogP contribution is -2.22. The van der Waals surface area contributed by atoms with Gasteiger partial charge in [-0.25, -0.2) is 4.79 Å². The monoisotopic (exact) mass is 329 g/mol. The van der Waals surface area contributed by atoms with Crippen molar-refractivity contribution in [1.29, 1.82) is 0 Å². The highest BCUT2D eigenvalue weighted by Gasteiger charge is 2.39. The molecule has 22 heavy (non-hydrogen) atoms. The normalized spacial score (nSPS) is 12.8. The molecular weight excluding hydrogens is 320 g/mol. The van der Waals surface area contributed by atoms with E-state index in [-0.39, 0.29) is 5.69 Å². The number of halogens is 6. The zero-order valence-corrected chi connectivity index (χ0v) is 10.9. The van der Waals surface area contributed by atoms with Crippen molar-refractivity contribution in [3.05, 3.63) is 36.0 Å². The van der Waals surface area contributed by atoms with Gasteiger partial charge >= 0.3 is 18.5 Å². The summed E-state index contributed by atoms with van der Waals surface area (Å²) in [5.74, 6) is -2.14. The SMILES string of the molecule is COC(=O)/C(=C\Nc1ccc(OC(F)(F)F)cc1)C(F)(F)F. The maximum atomic E-state index is 12.6. The zero-order valence-electron chi connectivity index (χ0n) is 10.9. The fourth-order valence-corrected chi connectivity index (χ4v) is 1.27. The maximum Gasteiger partial charge on any atom is 0.573 e. The number of anilines is 1. The van der Waals surface area contributed by atoms with Gasteiger partial charge in [-0.15, -0.1) is 13.2 Å². The summed E-state index contributed by atoms with van der Waals surface area (Å²) in [5, 5.41) is 2.14. The fraction of sp³-hybridized carbons (Fsp3) is 0.250. The van der Waals surface area contributed by atoms with Crippen LogP contribution in [0.1, 0.15) is 0 Å². The minimum atomic E-state index is -4.95. The number of rotatable bonds is 4. The molecule has 0 aliphatic heterocycles. The molecule has 0 aliphatic rings. The van der Waals surface area contributed by atoms with Crippen LogP contribution in [0.25, 0.3) is 0 Å². The molecule has 10 heteroatoms. The molecule has 122 valence electrons. The van der Waals surface area contributed by atoms with Crippen molar-refractivity contribution in [3.8, 4) is 5.75 Å². The summed E-state index contributed by atoms with van der Waals surface area (Å²) in [6.45, 7) is 0. The molecule has 1 aromatic carbocycles. The molecule has 0 fully saturated rings. The Bertz CT molecular complexity index is 547. The van der Waals surface area contributed by atoms with Gasteiger partial charge in [-0.3, -0.25) is 0 Å². The third-order valence-electron chi connectivity index (χ3n) is 2.18. The average Bonchev–Trinajstić information content (AvgIpc) is 2.37. The first-order valence-corrected chi connectivity index (χ1v) is 5.51. The lowest BCUT2D eigenvalue weighted by atomic mass is 10.2. The van der Waals surface area contributed by atoms with Gasteiger partial charge in [0.05, 0.1) is 7.11 Å². The average molecular weight is 329 g/mol. The maximum absolute atomic E-state index is 12.6. The summed E-state index contributed by atoms with van der Waals surface area (Å²) in [7, 11) is 0.783. The van der Waals surface area contributed by atoms with Crippen LogP contribution in [-0.2, 0) is 9.53 Å². The number of benzene rings is 1. The van der Waals surface area contributed by atoms with E-state index in [1.54, 1.807) is 0 Å². The van der Waals surface area contributed by atoms with Crippen molar-refractivity contribution in [1.82, 2.24) is 0 Å². The second-order valence-electron chi connectivity index (χ2n) is 3.76. The van der Waals surface area contributed by atoms with Crippen LogP contribution in [0.5, 0.6) is 5.75 Å². The molecule has 0 atom stereocenters. The summed E-state index contributed by atoms with van der Waals surface area (Å²) < 4.78 is 81.0. The van der Waals surface area contributed by atoms with Crippen molar-refractivity contribution in [2.75, 3.05) is 12.4 Å². The Labute approximate surface area is 120 Å². The van der Waals surface area contributed by atoms with E-state index in [0.717, 1.165) is 31.4 Å². The molecule has 4 nitrogen and oxygen atoms in total. The Morgan fingerprint density at radius 1 is 1.09 bits per heavy atom. The van der Waals surface area contributed by atoms with Gasteiger partial charge in [-0.05, 0) is 24.3 Å². The number of methoxy groups -OCH3 is 1. The Kier molecular flexibility index (Phi) is 5.28. The van der Waals surface area contributed by atoms with Gasteiger partial charge in [0.2, 0.25) is 0 Å². The van der Waals surface area contributed by atoms with Gasteiger partial charge in [-0.1, -0.05) is 0 Å². The van der Waals surface area contributed by atoms with Crippen molar-refractivity contribution < 1.29 is 40.6 Å². The van der Waals surface area contributed by atoms with Crippen LogP contribution >= 0.6 is 0 Å². The third kappa shape index (κ3) is 5.54. The van der Waals surface area contributed by atoms with Gasteiger partial charge in [-0.2, -0.15) is 13.2 Å². The second-order valence-corrected chi connectivity index (χ2v) is 3.76. The molecule has 0 saturated heterocycles. The predicted molar refractivity (Wildman–Crippen MR) is 62.9 cm³/mol. The van der Waals surface area contributed by atoms with Crippen LogP contribution in [0.2, 0.25) is 0 Å². The zero-order chi connectivity index (χ0) is 17.0. The highest BCUT2D eigenvalue weighted by molar-refractivity contribution is 5.90. The van der Waals surface area contributed by atoms with Crippen LogP contribution < -0.4 is 10.1 Å². The topological polar surface area (TPSA) is 47.6 Å². The molecule has 0 bridgehead atoms. The number of carbonyl (C=O) groups excluding carboxylic acids is 1. The molecule has 0 heterocycles. The van der Waals surface area contributed by atoms with Crippen LogP contribution in [0, 0.1) is 0 Å². The van der Waals surface area contributed by atoms with E-state index < -0.39 is 29.8 Å². The van der Waals surface area contributed by atoms with Crippen molar-refractivity contribution in [2.45, 2.75) is 12.5 Å². The van der Waals surface area contributed by atoms with E-state index in [9.17, 15) is 31.1 Å². The number of ether oxygens (including phenoxy) is 2. The standard InChI is InChI=1S/C12H9F6NO3/c1-21-10(20)9(11(13,14)15)6-19-7-2-4-8(5-3-7)22-12(16,17)18/h2-6,19H,1H3/b9-6+. The molecule has 0 aromatic heterocycles. The predicted octanol–water partition coefficient (Wildman–Crippen LogP) is 3.62. The third-order valence-corrected chi connectivity index (χ3v) is 2.18. The number of esters is 1. The van der Waals surface area contributed by atoms with Crippen LogP contribution in [0.3, 0.4) is 0 Å². The smallest absolute Gasteiger partial charge is 0.465 e. The number of hydrogen-bond acceptors (Lipinski definition) is 4. The van der Waals surface area contributed by atoms with Crippen molar-refractivity contribution >= 4 is 11.7 Å². The molecular formula is C12H9F6NO3. The number of carbonyl (C=O) groups is 1. The van der Waals surface area contributed by atoms with Crippen LogP contribution in [0.15, 0.2) is 36.0 Å². The lowest BCUT2D eigenvalue weighted by Gasteiger charge is -2.11. The van der Waals surface area contributed by atoms with E-state index in [2.05, 4.69) is 14.8 Å². The minimum absolute atomic E-state index is 0.0141. The first kappa shape index (κ1) is 17.7. The van der Waals surface area contributed by atoms with Gasteiger partial charge in [0.15, 0.2) is 5.57 Å². The molecule has 0 amide bonds. The van der Waals surface area contributed by atoms with E-state index in [1.807, 2.05) is 0 Å². The molecule has 1 aromatic rings. The molecule has 1 N–H and O–H groups in total. The van der Waals surface area contributed by atoms with Crippen molar-refractivity contribution in [3.63, 3.8) is 0 Å². The second kappa shape index (κ2) is 6.58. The summed E-state index contributed by atoms with van der Waals surface area (Å²) in [6, 6.07) is 3.88. The van der Waals surface area contributed by atoms with Gasteiger partial charge < -0.3 is 14.8 Å². The number of hydrogen-bond donors (Lipinski definition) is 1. The molecule has 0 saturated carbocycles. The largest absolute Gasteiger partial charge is 0.573 e. The van der Waals surface area contributed by atoms with Gasteiger partial charge in [0, 0.05) is 11.9 Å². The minimum Gasteiger partial charge on any atom is -0.465 e. The molecule has 1 rings (SSSR count). The summed E-state index contributed by atoms with van der Waals surface area (Å²) in [5.41, 5.74) is -1.58. The fourth-order valence-electron chi connectivity index (χ4n) is 1.27. The Balaban J connectivity index is 2.85. The summed E-state index contributed by atoms with van der Waals surface area (Å²) in [4.78, 5) is 11.0. The molecule has 0 radical (unpaired) electrons. The van der Waals surface area contributed by atoms with E-state index in [4.69, 9.17) is 0 Å².